The minimum atomic E-state index is -1.38. The van der Waals surface area contributed by atoms with Gasteiger partial charge in [-0.25, -0.2) is 9.18 Å². The van der Waals surface area contributed by atoms with Crippen molar-refractivity contribution in [3.63, 3.8) is 0 Å². The third-order valence-electron chi connectivity index (χ3n) is 1.70. The Kier molecular flexibility index (Phi) is 2.51. The molecule has 1 aromatic rings. The molecule has 0 fully saturated rings. The van der Waals surface area contributed by atoms with Crippen molar-refractivity contribution < 1.29 is 19.4 Å². The van der Waals surface area contributed by atoms with Gasteiger partial charge in [-0.3, -0.25) is 0 Å². The van der Waals surface area contributed by atoms with E-state index in [2.05, 4.69) is 0 Å². The molecule has 0 heterocycles. The van der Waals surface area contributed by atoms with Crippen molar-refractivity contribution in [1.82, 2.24) is 0 Å². The number of phenols is 1. The van der Waals surface area contributed by atoms with Crippen LogP contribution in [0.25, 0.3) is 0 Å². The second-order valence-electron chi connectivity index (χ2n) is 2.69. The predicted octanol–water partition coefficient (Wildman–Crippen LogP) is 2.12. The number of carboxylic acid groups (broad SMARTS) is 1. The number of aromatic hydroxyl groups is 1. The molecule has 4 heteroatoms. The number of alkyl halides is 1. The maximum atomic E-state index is 12.8. The number of carbonyl (C=O) groups is 1. The summed E-state index contributed by atoms with van der Waals surface area (Å²) in [7, 11) is 0. The van der Waals surface area contributed by atoms with Gasteiger partial charge >= 0.3 is 5.97 Å². The molecule has 0 spiro atoms. The zero-order chi connectivity index (χ0) is 10.0. The lowest BCUT2D eigenvalue weighted by Crippen LogP contribution is -1.98. The van der Waals surface area contributed by atoms with E-state index < -0.39 is 12.1 Å². The average Bonchev–Trinajstić information content (AvgIpc) is 2.04. The third-order valence-corrected chi connectivity index (χ3v) is 1.70. The molecule has 0 aliphatic heterocycles. The summed E-state index contributed by atoms with van der Waals surface area (Å²) in [6.07, 6.45) is -1.38. The minimum absolute atomic E-state index is 0.0000926. The molecular weight excluding hydrogens is 175 g/mol. The molecule has 1 unspecified atom stereocenters. The lowest BCUT2D eigenvalue weighted by Gasteiger charge is -2.05. The van der Waals surface area contributed by atoms with Crippen molar-refractivity contribution in [2.45, 2.75) is 13.1 Å². The first-order valence-corrected chi connectivity index (χ1v) is 3.72. The molecule has 0 aromatic heterocycles. The van der Waals surface area contributed by atoms with Crippen LogP contribution >= 0.6 is 0 Å². The van der Waals surface area contributed by atoms with Crippen LogP contribution in [-0.2, 0) is 0 Å². The lowest BCUT2D eigenvalue weighted by molar-refractivity contribution is 0.0696. The minimum Gasteiger partial charge on any atom is -0.508 e. The van der Waals surface area contributed by atoms with E-state index in [0.717, 1.165) is 6.07 Å². The van der Waals surface area contributed by atoms with E-state index in [1.54, 1.807) is 0 Å². The molecule has 0 radical (unpaired) electrons. The number of phenolic OH excluding ortho intramolecular Hbond substituents is 1. The van der Waals surface area contributed by atoms with Gasteiger partial charge in [0.05, 0.1) is 5.56 Å². The Balaban J connectivity index is 3.19. The summed E-state index contributed by atoms with van der Waals surface area (Å²) < 4.78 is 12.8. The van der Waals surface area contributed by atoms with Crippen LogP contribution in [0, 0.1) is 0 Å². The number of halogens is 1. The Labute approximate surface area is 74.4 Å². The fourth-order valence-electron chi connectivity index (χ4n) is 1.01. The standard InChI is InChI=1S/C9H9FO3/c1-5(10)7-4-6(9(12)13)2-3-8(7)11/h2-5,11H,1H3,(H,12,13). The van der Waals surface area contributed by atoms with Gasteiger partial charge in [-0.1, -0.05) is 0 Å². The van der Waals surface area contributed by atoms with E-state index in [0.29, 0.717) is 0 Å². The summed E-state index contributed by atoms with van der Waals surface area (Å²) in [6.45, 7) is 1.24. The van der Waals surface area contributed by atoms with Crippen LogP contribution in [0.15, 0.2) is 18.2 Å². The number of rotatable bonds is 2. The van der Waals surface area contributed by atoms with Gasteiger partial charge in [0.1, 0.15) is 11.9 Å². The van der Waals surface area contributed by atoms with Gasteiger partial charge in [0.25, 0.3) is 0 Å². The molecule has 0 aliphatic rings. The molecular formula is C9H9FO3. The van der Waals surface area contributed by atoms with Crippen molar-refractivity contribution >= 4 is 5.97 Å². The van der Waals surface area contributed by atoms with Crippen LogP contribution < -0.4 is 0 Å². The fourth-order valence-corrected chi connectivity index (χ4v) is 1.01. The second-order valence-corrected chi connectivity index (χ2v) is 2.69. The molecule has 1 rings (SSSR count). The van der Waals surface area contributed by atoms with Gasteiger partial charge in [-0.2, -0.15) is 0 Å². The Morgan fingerprint density at radius 2 is 2.15 bits per heavy atom. The molecule has 3 nitrogen and oxygen atoms in total. The van der Waals surface area contributed by atoms with E-state index in [4.69, 9.17) is 10.2 Å². The molecule has 2 N–H and O–H groups in total. The average molecular weight is 184 g/mol. The lowest BCUT2D eigenvalue weighted by atomic mass is 10.1. The summed E-state index contributed by atoms with van der Waals surface area (Å²) in [5.74, 6) is -1.36. The van der Waals surface area contributed by atoms with Gasteiger partial charge in [-0.15, -0.1) is 0 Å². The van der Waals surface area contributed by atoms with E-state index in [1.165, 1.54) is 19.1 Å². The van der Waals surface area contributed by atoms with Crippen LogP contribution in [0.5, 0.6) is 5.75 Å². The quantitative estimate of drug-likeness (QED) is 0.740. The number of carboxylic acids is 1. The van der Waals surface area contributed by atoms with Crippen molar-refractivity contribution in [2.24, 2.45) is 0 Å². The largest absolute Gasteiger partial charge is 0.508 e. The van der Waals surface area contributed by atoms with Gasteiger partial charge in [0.15, 0.2) is 0 Å². The first-order chi connectivity index (χ1) is 6.02. The Bertz CT molecular complexity index is 334. The van der Waals surface area contributed by atoms with Gasteiger partial charge < -0.3 is 10.2 Å². The Hall–Kier alpha value is -1.58. The van der Waals surface area contributed by atoms with Crippen LogP contribution in [0.3, 0.4) is 0 Å². The number of aromatic carboxylic acids is 1. The number of hydrogen-bond acceptors (Lipinski definition) is 2. The molecule has 0 saturated heterocycles. The van der Waals surface area contributed by atoms with E-state index in [1.807, 2.05) is 0 Å². The highest BCUT2D eigenvalue weighted by Crippen LogP contribution is 2.27. The van der Waals surface area contributed by atoms with Crippen molar-refractivity contribution in [3.8, 4) is 5.75 Å². The topological polar surface area (TPSA) is 57.5 Å². The molecule has 1 atom stereocenters. The molecule has 0 amide bonds. The highest BCUT2D eigenvalue weighted by molar-refractivity contribution is 5.88. The number of benzene rings is 1. The smallest absolute Gasteiger partial charge is 0.335 e. The molecule has 0 bridgehead atoms. The molecule has 70 valence electrons. The Morgan fingerprint density at radius 1 is 1.54 bits per heavy atom. The summed E-state index contributed by atoms with van der Waals surface area (Å²) in [5, 5.41) is 17.7. The fraction of sp³-hybridized carbons (Fsp3) is 0.222. The summed E-state index contributed by atoms with van der Waals surface area (Å²) in [6, 6.07) is 3.53. The third kappa shape index (κ3) is 1.96. The van der Waals surface area contributed by atoms with Gasteiger partial charge in [0.2, 0.25) is 0 Å². The van der Waals surface area contributed by atoms with Crippen LogP contribution in [0.4, 0.5) is 4.39 Å². The first kappa shape index (κ1) is 9.51. The monoisotopic (exact) mass is 184 g/mol. The highest BCUT2D eigenvalue weighted by Gasteiger charge is 2.12. The van der Waals surface area contributed by atoms with Gasteiger partial charge in [0, 0.05) is 5.56 Å². The van der Waals surface area contributed by atoms with Crippen molar-refractivity contribution in [2.75, 3.05) is 0 Å². The van der Waals surface area contributed by atoms with E-state index >= 15 is 0 Å². The number of hydrogen-bond donors (Lipinski definition) is 2. The van der Waals surface area contributed by atoms with E-state index in [9.17, 15) is 9.18 Å². The summed E-state index contributed by atoms with van der Waals surface area (Å²) >= 11 is 0. The predicted molar refractivity (Wildman–Crippen MR) is 44.6 cm³/mol. The van der Waals surface area contributed by atoms with Crippen LogP contribution in [0.1, 0.15) is 29.0 Å². The van der Waals surface area contributed by atoms with Crippen molar-refractivity contribution in [1.29, 1.82) is 0 Å². The van der Waals surface area contributed by atoms with Crippen molar-refractivity contribution in [3.05, 3.63) is 29.3 Å². The first-order valence-electron chi connectivity index (χ1n) is 3.72. The second kappa shape index (κ2) is 3.43. The summed E-state index contributed by atoms with van der Waals surface area (Å²) in [5.41, 5.74) is -0.0304. The van der Waals surface area contributed by atoms with E-state index in [-0.39, 0.29) is 16.9 Å². The van der Waals surface area contributed by atoms with Gasteiger partial charge in [-0.05, 0) is 25.1 Å². The Morgan fingerprint density at radius 3 is 2.62 bits per heavy atom. The van der Waals surface area contributed by atoms with Crippen LogP contribution in [-0.4, -0.2) is 16.2 Å². The maximum absolute atomic E-state index is 12.8. The molecule has 0 aliphatic carbocycles. The molecule has 0 saturated carbocycles. The maximum Gasteiger partial charge on any atom is 0.335 e. The molecule has 1 aromatic carbocycles. The highest BCUT2D eigenvalue weighted by atomic mass is 19.1. The normalized spacial score (nSPS) is 12.5. The zero-order valence-corrected chi connectivity index (χ0v) is 6.99. The SMILES string of the molecule is CC(F)c1cc(C(=O)O)ccc1O. The molecule has 13 heavy (non-hydrogen) atoms. The van der Waals surface area contributed by atoms with Crippen LogP contribution in [0.2, 0.25) is 0 Å². The zero-order valence-electron chi connectivity index (χ0n) is 6.99. The summed E-state index contributed by atoms with van der Waals surface area (Å²) in [4.78, 5) is 10.5.